The molecule has 0 aliphatic rings. The Morgan fingerprint density at radius 3 is 1.24 bits per heavy atom. The van der Waals surface area contributed by atoms with Gasteiger partial charge >= 0.3 is 0 Å². The monoisotopic (exact) mass is 356 g/mol. The number of aliphatic hydroxyl groups excluding tert-OH is 2. The van der Waals surface area contributed by atoms with Crippen LogP contribution in [0.2, 0.25) is 0 Å². The number of hydrogen-bond acceptors (Lipinski definition) is 2. The second-order valence-corrected chi connectivity index (χ2v) is 8.15. The van der Waals surface area contributed by atoms with Crippen LogP contribution in [-0.2, 0) is 0 Å². The molecule has 0 rings (SSSR count). The van der Waals surface area contributed by atoms with Gasteiger partial charge < -0.3 is 10.2 Å². The fraction of sp³-hybridized carbons (Fsp3) is 1.00. The van der Waals surface area contributed by atoms with Gasteiger partial charge in [-0.15, -0.1) is 0 Å². The van der Waals surface area contributed by atoms with Gasteiger partial charge in [0, 0.05) is 13.2 Å². The van der Waals surface area contributed by atoms with E-state index in [-0.39, 0.29) is 13.2 Å². The molecule has 25 heavy (non-hydrogen) atoms. The lowest BCUT2D eigenvalue weighted by Gasteiger charge is -2.22. The zero-order valence-corrected chi connectivity index (χ0v) is 17.5. The lowest BCUT2D eigenvalue weighted by Crippen LogP contribution is -2.15. The summed E-state index contributed by atoms with van der Waals surface area (Å²) in [5.41, 5.74) is 0. The minimum Gasteiger partial charge on any atom is -0.396 e. The van der Waals surface area contributed by atoms with Crippen molar-refractivity contribution < 1.29 is 10.2 Å². The van der Waals surface area contributed by atoms with Crippen molar-refractivity contribution in [1.82, 2.24) is 0 Å². The van der Waals surface area contributed by atoms with Crippen molar-refractivity contribution in [3.05, 3.63) is 0 Å². The predicted molar refractivity (Wildman–Crippen MR) is 111 cm³/mol. The summed E-state index contributed by atoms with van der Waals surface area (Å²) in [4.78, 5) is 0. The SMILES string of the molecule is CCCCCCCCCCCCCCCCC(C)C(CCO)CCO. The fourth-order valence-electron chi connectivity index (χ4n) is 3.94. The first kappa shape index (κ1) is 24.9. The van der Waals surface area contributed by atoms with Crippen LogP contribution in [0.25, 0.3) is 0 Å². The molecule has 152 valence electrons. The molecule has 1 atom stereocenters. The van der Waals surface area contributed by atoms with Gasteiger partial charge in [-0.05, 0) is 24.7 Å². The van der Waals surface area contributed by atoms with E-state index < -0.39 is 0 Å². The second kappa shape index (κ2) is 20.2. The molecule has 0 amide bonds. The van der Waals surface area contributed by atoms with Gasteiger partial charge in [0.25, 0.3) is 0 Å². The van der Waals surface area contributed by atoms with Gasteiger partial charge in [-0.2, -0.15) is 0 Å². The Kier molecular flexibility index (Phi) is 20.2. The molecule has 0 aliphatic heterocycles. The average Bonchev–Trinajstić information content (AvgIpc) is 2.61. The van der Waals surface area contributed by atoms with Gasteiger partial charge in [0.1, 0.15) is 0 Å². The van der Waals surface area contributed by atoms with Crippen LogP contribution < -0.4 is 0 Å². The molecule has 0 heterocycles. The van der Waals surface area contributed by atoms with Crippen molar-refractivity contribution in [2.24, 2.45) is 11.8 Å². The molecule has 0 aromatic carbocycles. The van der Waals surface area contributed by atoms with Crippen molar-refractivity contribution >= 4 is 0 Å². The molecule has 0 aliphatic carbocycles. The molecule has 0 aromatic rings. The Morgan fingerprint density at radius 1 is 0.520 bits per heavy atom. The maximum Gasteiger partial charge on any atom is 0.0433 e. The first-order valence-electron chi connectivity index (χ1n) is 11.5. The Hall–Kier alpha value is -0.0800. The largest absolute Gasteiger partial charge is 0.396 e. The van der Waals surface area contributed by atoms with Gasteiger partial charge in [0.05, 0.1) is 0 Å². The van der Waals surface area contributed by atoms with E-state index >= 15 is 0 Å². The molecule has 0 bridgehead atoms. The van der Waals surface area contributed by atoms with Crippen molar-refractivity contribution in [1.29, 1.82) is 0 Å². The standard InChI is InChI=1S/C23H48O2/c1-3-4-5-6-7-8-9-10-11-12-13-14-15-16-17-22(2)23(18-20-24)19-21-25/h22-25H,3-21H2,1-2H3. The van der Waals surface area contributed by atoms with Gasteiger partial charge in [-0.25, -0.2) is 0 Å². The summed E-state index contributed by atoms with van der Waals surface area (Å²) in [6.07, 6.45) is 22.7. The highest BCUT2D eigenvalue weighted by Crippen LogP contribution is 2.24. The molecule has 0 saturated heterocycles. The van der Waals surface area contributed by atoms with Crippen molar-refractivity contribution in [3.8, 4) is 0 Å². The van der Waals surface area contributed by atoms with E-state index in [0.29, 0.717) is 11.8 Å². The van der Waals surface area contributed by atoms with E-state index in [0.717, 1.165) is 12.8 Å². The third-order valence-corrected chi connectivity index (χ3v) is 5.82. The molecule has 0 radical (unpaired) electrons. The Labute approximate surface area is 158 Å². The van der Waals surface area contributed by atoms with E-state index in [1.54, 1.807) is 0 Å². The van der Waals surface area contributed by atoms with Crippen LogP contribution in [0.4, 0.5) is 0 Å². The first-order chi connectivity index (χ1) is 12.3. The summed E-state index contributed by atoms with van der Waals surface area (Å²) in [6.45, 7) is 5.09. The molecule has 0 fully saturated rings. The summed E-state index contributed by atoms with van der Waals surface area (Å²) in [5, 5.41) is 18.2. The van der Waals surface area contributed by atoms with Crippen molar-refractivity contribution in [2.45, 2.75) is 123 Å². The van der Waals surface area contributed by atoms with E-state index in [1.165, 1.54) is 96.3 Å². The highest BCUT2D eigenvalue weighted by Gasteiger charge is 2.15. The zero-order chi connectivity index (χ0) is 18.6. The van der Waals surface area contributed by atoms with E-state index in [4.69, 9.17) is 10.2 Å². The third kappa shape index (κ3) is 17.1. The van der Waals surface area contributed by atoms with Gasteiger partial charge in [-0.3, -0.25) is 0 Å². The van der Waals surface area contributed by atoms with Crippen LogP contribution >= 0.6 is 0 Å². The van der Waals surface area contributed by atoms with E-state index in [2.05, 4.69) is 13.8 Å². The van der Waals surface area contributed by atoms with Crippen molar-refractivity contribution in [3.63, 3.8) is 0 Å². The maximum absolute atomic E-state index is 9.12. The maximum atomic E-state index is 9.12. The number of unbranched alkanes of at least 4 members (excludes halogenated alkanes) is 13. The smallest absolute Gasteiger partial charge is 0.0433 e. The molecule has 2 nitrogen and oxygen atoms in total. The molecule has 0 spiro atoms. The minimum absolute atomic E-state index is 0.258. The first-order valence-corrected chi connectivity index (χ1v) is 11.5. The van der Waals surface area contributed by atoms with Crippen LogP contribution in [0.5, 0.6) is 0 Å². The summed E-state index contributed by atoms with van der Waals surface area (Å²) < 4.78 is 0. The zero-order valence-electron chi connectivity index (χ0n) is 17.5. The van der Waals surface area contributed by atoms with Crippen LogP contribution in [0.15, 0.2) is 0 Å². The quantitative estimate of drug-likeness (QED) is 0.233. The normalized spacial score (nSPS) is 12.8. The van der Waals surface area contributed by atoms with Crippen LogP contribution in [0.1, 0.15) is 123 Å². The highest BCUT2D eigenvalue weighted by atomic mass is 16.3. The van der Waals surface area contributed by atoms with Crippen LogP contribution in [-0.4, -0.2) is 23.4 Å². The van der Waals surface area contributed by atoms with Crippen molar-refractivity contribution in [2.75, 3.05) is 13.2 Å². The van der Waals surface area contributed by atoms with Gasteiger partial charge in [0.15, 0.2) is 0 Å². The summed E-state index contributed by atoms with van der Waals surface area (Å²) in [6, 6.07) is 0. The molecular weight excluding hydrogens is 308 g/mol. The molecule has 2 heteroatoms. The van der Waals surface area contributed by atoms with Gasteiger partial charge in [0.2, 0.25) is 0 Å². The lowest BCUT2D eigenvalue weighted by molar-refractivity contribution is 0.176. The molecule has 2 N–H and O–H groups in total. The average molecular weight is 357 g/mol. The minimum atomic E-state index is 0.258. The Balaban J connectivity index is 3.30. The number of hydrogen-bond donors (Lipinski definition) is 2. The molecule has 1 unspecified atom stereocenters. The Bertz CT molecular complexity index is 236. The third-order valence-electron chi connectivity index (χ3n) is 5.82. The van der Waals surface area contributed by atoms with Gasteiger partial charge in [-0.1, -0.05) is 110 Å². The van der Waals surface area contributed by atoms with Crippen LogP contribution in [0, 0.1) is 11.8 Å². The lowest BCUT2D eigenvalue weighted by atomic mass is 9.85. The van der Waals surface area contributed by atoms with E-state index in [9.17, 15) is 0 Å². The predicted octanol–water partition coefficient (Wildman–Crippen LogP) is 6.87. The summed E-state index contributed by atoms with van der Waals surface area (Å²) >= 11 is 0. The molecular formula is C23H48O2. The number of rotatable bonds is 20. The molecule has 0 aromatic heterocycles. The summed E-state index contributed by atoms with van der Waals surface area (Å²) in [7, 11) is 0. The number of aliphatic hydroxyl groups is 2. The van der Waals surface area contributed by atoms with E-state index in [1.807, 2.05) is 0 Å². The fourth-order valence-corrected chi connectivity index (χ4v) is 3.94. The highest BCUT2D eigenvalue weighted by molar-refractivity contribution is 4.66. The van der Waals surface area contributed by atoms with Crippen LogP contribution in [0.3, 0.4) is 0 Å². The summed E-state index contributed by atoms with van der Waals surface area (Å²) in [5.74, 6) is 1.13. The molecule has 0 saturated carbocycles. The Morgan fingerprint density at radius 2 is 0.880 bits per heavy atom. The second-order valence-electron chi connectivity index (χ2n) is 8.15. The topological polar surface area (TPSA) is 40.5 Å².